The van der Waals surface area contributed by atoms with Crippen molar-refractivity contribution in [3.05, 3.63) is 44.8 Å². The molecule has 1 aromatic rings. The molecule has 16 nitrogen and oxygen atoms in total. The van der Waals surface area contributed by atoms with Crippen LogP contribution in [0.15, 0.2) is 34.3 Å². The number of likely N-dealkylation sites (N-methyl/N-ethyl adjacent to an activating group) is 2. The third-order valence-corrected chi connectivity index (χ3v) is 7.36. The maximum absolute atomic E-state index is 13.3. The molecule has 1 aromatic carbocycles. The number of sulfonamides is 1. The number of carboxylic acids is 1. The lowest BCUT2D eigenvalue weighted by atomic mass is 10.1. The summed E-state index contributed by atoms with van der Waals surface area (Å²) in [5.41, 5.74) is 8.20. The number of carbonyl (C=O) groups is 2. The molecule has 2 N–H and O–H groups in total. The van der Waals surface area contributed by atoms with Crippen molar-refractivity contribution in [2.45, 2.75) is 29.6 Å². The van der Waals surface area contributed by atoms with Gasteiger partial charge in [-0.15, -0.1) is 0 Å². The van der Waals surface area contributed by atoms with Gasteiger partial charge in [0.25, 0.3) is 15.7 Å². The number of carboxylic acid groups (broad SMARTS) is 1. The van der Waals surface area contributed by atoms with Crippen molar-refractivity contribution in [3.8, 4) is 0 Å². The summed E-state index contributed by atoms with van der Waals surface area (Å²) >= 11 is 0. The molecule has 1 amide bonds. The van der Waals surface area contributed by atoms with Crippen molar-refractivity contribution in [1.29, 1.82) is 0 Å². The van der Waals surface area contributed by atoms with E-state index in [9.17, 15) is 36.5 Å². The van der Waals surface area contributed by atoms with Crippen molar-refractivity contribution in [3.63, 3.8) is 0 Å². The Morgan fingerprint density at radius 3 is 2.39 bits per heavy atom. The largest absolute Gasteiger partial charge is 0.490 e. The lowest BCUT2D eigenvalue weighted by Crippen LogP contribution is -2.47. The quantitative estimate of drug-likeness (QED) is 0.0767. The first-order chi connectivity index (χ1) is 19.2. The van der Waals surface area contributed by atoms with Crippen LogP contribution in [0.5, 0.6) is 0 Å². The smallest absolute Gasteiger partial charge is 0.475 e. The first-order valence-corrected chi connectivity index (χ1v) is 13.3. The Bertz CT molecular complexity index is 1200. The summed E-state index contributed by atoms with van der Waals surface area (Å²) in [6, 6.07) is 2.96. The van der Waals surface area contributed by atoms with Crippen LogP contribution in [-0.4, -0.2) is 118 Å². The van der Waals surface area contributed by atoms with E-state index in [0.717, 1.165) is 23.0 Å². The van der Waals surface area contributed by atoms with Crippen LogP contribution in [-0.2, 0) is 29.1 Å². The zero-order chi connectivity index (χ0) is 31.2. The maximum Gasteiger partial charge on any atom is 0.490 e. The average molecular weight is 614 g/mol. The van der Waals surface area contributed by atoms with E-state index in [0.29, 0.717) is 19.8 Å². The fraction of sp³-hybridized carbons (Fsp3) is 0.619. The molecule has 1 heterocycles. The van der Waals surface area contributed by atoms with Crippen LogP contribution in [0, 0.1) is 10.1 Å². The lowest BCUT2D eigenvalue weighted by Gasteiger charge is -2.27. The normalized spacial score (nSPS) is 17.2. The molecule has 41 heavy (non-hydrogen) atoms. The van der Waals surface area contributed by atoms with E-state index in [1.807, 2.05) is 7.05 Å². The van der Waals surface area contributed by atoms with Gasteiger partial charge in [0.1, 0.15) is 6.04 Å². The average Bonchev–Trinajstić information content (AvgIpc) is 3.34. The number of alkyl halides is 3. The highest BCUT2D eigenvalue weighted by atomic mass is 32.2. The number of amides is 1. The third kappa shape index (κ3) is 11.1. The van der Waals surface area contributed by atoms with Gasteiger partial charge in [-0.1, -0.05) is 17.2 Å². The van der Waals surface area contributed by atoms with Crippen molar-refractivity contribution in [2.24, 2.45) is 5.11 Å². The zero-order valence-corrected chi connectivity index (χ0v) is 22.9. The number of carbonyl (C=O) groups excluding carboxylic acids is 1. The van der Waals surface area contributed by atoms with Gasteiger partial charge in [0.15, 0.2) is 4.90 Å². The predicted molar refractivity (Wildman–Crippen MR) is 135 cm³/mol. The van der Waals surface area contributed by atoms with E-state index in [4.69, 9.17) is 24.9 Å². The van der Waals surface area contributed by atoms with Crippen LogP contribution in [0.2, 0.25) is 0 Å². The molecule has 1 saturated heterocycles. The Labute approximate surface area is 232 Å². The van der Waals surface area contributed by atoms with E-state index in [2.05, 4.69) is 15.3 Å². The van der Waals surface area contributed by atoms with Crippen LogP contribution in [0.1, 0.15) is 6.42 Å². The summed E-state index contributed by atoms with van der Waals surface area (Å²) in [6.07, 6.45) is -5.12. The predicted octanol–water partition coefficient (Wildman–Crippen LogP) is 1.38. The first kappa shape index (κ1) is 35.5. The summed E-state index contributed by atoms with van der Waals surface area (Å²) in [7, 11) is -1.10. The van der Waals surface area contributed by atoms with E-state index >= 15 is 0 Å². The SMILES string of the molecule is CNCCOCCOCCN(C)C(=O)[C@@H]1C[C@H](N=[N+]=[N-])CN1S(=O)(=O)c1ccccc1[N+](=O)[O-].O=C(O)C(F)(F)F. The molecule has 230 valence electrons. The summed E-state index contributed by atoms with van der Waals surface area (Å²) in [6.45, 7) is 2.16. The number of nitro groups is 1. The highest BCUT2D eigenvalue weighted by molar-refractivity contribution is 7.89. The molecular weight excluding hydrogens is 583 g/mol. The number of rotatable bonds is 14. The second-order valence-corrected chi connectivity index (χ2v) is 10.2. The highest BCUT2D eigenvalue weighted by Crippen LogP contribution is 2.33. The molecule has 0 aliphatic carbocycles. The minimum Gasteiger partial charge on any atom is -0.475 e. The molecule has 0 spiro atoms. The Balaban J connectivity index is 0.00000106. The topological polar surface area (TPSA) is 217 Å². The van der Waals surface area contributed by atoms with Gasteiger partial charge in [0, 0.05) is 37.7 Å². The number of hydrogen-bond donors (Lipinski definition) is 2. The number of ether oxygens (including phenoxy) is 2. The number of nitro benzene ring substituents is 1. The van der Waals surface area contributed by atoms with Crippen molar-refractivity contribution in [2.75, 3.05) is 60.2 Å². The maximum atomic E-state index is 13.3. The Hall–Kier alpha value is -3.55. The lowest BCUT2D eigenvalue weighted by molar-refractivity contribution is -0.387. The van der Waals surface area contributed by atoms with Gasteiger partial charge in [-0.25, -0.2) is 13.2 Å². The summed E-state index contributed by atoms with van der Waals surface area (Å²) in [5.74, 6) is -3.28. The minimum absolute atomic E-state index is 0.0345. The molecule has 20 heteroatoms. The molecule has 2 atom stereocenters. The fourth-order valence-corrected chi connectivity index (χ4v) is 5.24. The van der Waals surface area contributed by atoms with Crippen LogP contribution >= 0.6 is 0 Å². The van der Waals surface area contributed by atoms with Gasteiger partial charge in [0.2, 0.25) is 5.91 Å². The van der Waals surface area contributed by atoms with E-state index in [1.165, 1.54) is 24.1 Å². The monoisotopic (exact) mass is 613 g/mol. The van der Waals surface area contributed by atoms with Gasteiger partial charge in [-0.2, -0.15) is 17.5 Å². The number of nitrogens with zero attached hydrogens (tertiary/aromatic N) is 6. The Kier molecular flexibility index (Phi) is 14.4. The van der Waals surface area contributed by atoms with Crippen LogP contribution in [0.4, 0.5) is 18.9 Å². The molecule has 0 unspecified atom stereocenters. The molecule has 1 aliphatic rings. The number of benzene rings is 1. The van der Waals surface area contributed by atoms with Crippen molar-refractivity contribution >= 4 is 27.6 Å². The van der Waals surface area contributed by atoms with Gasteiger partial charge in [-0.05, 0) is 25.1 Å². The van der Waals surface area contributed by atoms with Crippen molar-refractivity contribution < 1.29 is 50.7 Å². The molecule has 0 aromatic heterocycles. The zero-order valence-electron chi connectivity index (χ0n) is 22.1. The number of halogens is 3. The van der Waals surface area contributed by atoms with E-state index < -0.39 is 55.7 Å². The van der Waals surface area contributed by atoms with Gasteiger partial charge < -0.3 is 24.8 Å². The second-order valence-electron chi connectivity index (χ2n) is 8.30. The Morgan fingerprint density at radius 1 is 1.27 bits per heavy atom. The number of nitrogens with one attached hydrogen (secondary N) is 1. The van der Waals surface area contributed by atoms with Gasteiger partial charge >= 0.3 is 12.1 Å². The van der Waals surface area contributed by atoms with Gasteiger partial charge in [-0.3, -0.25) is 14.9 Å². The molecule has 0 radical (unpaired) electrons. The standard InChI is InChI=1S/C19H29N7O7S.C2HF3O2/c1-21-7-9-32-11-12-33-10-8-24(2)19(27)17-13-15(22-23-20)14-25(17)34(30,31)18-6-4-3-5-16(18)26(28)29;3-2(4,5)1(6)7/h3-6,15,17,21H,7-14H2,1-2H3;(H,6,7)/t15-,17-;/m0./s1. The highest BCUT2D eigenvalue weighted by Gasteiger charge is 2.46. The Morgan fingerprint density at radius 2 is 1.85 bits per heavy atom. The molecule has 1 fully saturated rings. The number of para-hydroxylation sites is 1. The number of azide groups is 1. The third-order valence-electron chi connectivity index (χ3n) is 5.44. The van der Waals surface area contributed by atoms with Crippen LogP contribution in [0.3, 0.4) is 0 Å². The molecule has 2 rings (SSSR count). The van der Waals surface area contributed by atoms with Crippen molar-refractivity contribution in [1.82, 2.24) is 14.5 Å². The molecule has 0 bridgehead atoms. The fourth-order valence-electron chi connectivity index (χ4n) is 3.45. The summed E-state index contributed by atoms with van der Waals surface area (Å²) in [4.78, 5) is 36.1. The van der Waals surface area contributed by atoms with Crippen LogP contribution in [0.25, 0.3) is 10.4 Å². The number of aliphatic carboxylic acids is 1. The summed E-state index contributed by atoms with van der Waals surface area (Å²) in [5, 5.41) is 25.0. The molecule has 0 saturated carbocycles. The van der Waals surface area contributed by atoms with Crippen LogP contribution < -0.4 is 5.32 Å². The first-order valence-electron chi connectivity index (χ1n) is 11.8. The van der Waals surface area contributed by atoms with Gasteiger partial charge in [0.05, 0.1) is 37.4 Å². The second kappa shape index (κ2) is 16.7. The minimum atomic E-state index is -5.08. The van der Waals surface area contributed by atoms with E-state index in [-0.39, 0.29) is 26.1 Å². The number of hydrogen-bond acceptors (Lipinski definition) is 10. The summed E-state index contributed by atoms with van der Waals surface area (Å²) < 4.78 is 70.1. The molecular formula is C21H30F3N7O9S. The molecule has 1 aliphatic heterocycles. The van der Waals surface area contributed by atoms with E-state index in [1.54, 1.807) is 0 Å².